The molecule has 21 heavy (non-hydrogen) atoms. The first-order chi connectivity index (χ1) is 10.1. The number of rotatable bonds is 5. The highest BCUT2D eigenvalue weighted by molar-refractivity contribution is 5.97. The van der Waals surface area contributed by atoms with E-state index in [1.54, 1.807) is 18.2 Å². The van der Waals surface area contributed by atoms with Gasteiger partial charge in [0.1, 0.15) is 12.4 Å². The van der Waals surface area contributed by atoms with Gasteiger partial charge in [0.15, 0.2) is 17.3 Å². The van der Waals surface area contributed by atoms with E-state index in [1.807, 2.05) is 0 Å². The zero-order chi connectivity index (χ0) is 15.2. The lowest BCUT2D eigenvalue weighted by molar-refractivity contribution is 0.283. The second-order valence-electron chi connectivity index (χ2n) is 4.15. The minimum absolute atomic E-state index is 0.0332. The van der Waals surface area contributed by atoms with Crippen LogP contribution in [0.1, 0.15) is 11.1 Å². The third kappa shape index (κ3) is 3.59. The Morgan fingerprint density at radius 2 is 2.14 bits per heavy atom. The highest BCUT2D eigenvalue weighted by Gasteiger charge is 2.09. The highest BCUT2D eigenvalue weighted by Crippen LogP contribution is 2.28. The summed E-state index contributed by atoms with van der Waals surface area (Å²) in [5.41, 5.74) is 6.59. The summed E-state index contributed by atoms with van der Waals surface area (Å²) in [7, 11) is 1.47. The molecule has 0 fully saturated rings. The summed E-state index contributed by atoms with van der Waals surface area (Å²) in [5.74, 6) is 0.416. The van der Waals surface area contributed by atoms with Gasteiger partial charge < -0.3 is 20.4 Å². The largest absolute Gasteiger partial charge is 0.493 e. The lowest BCUT2D eigenvalue weighted by Crippen LogP contribution is -2.13. The average Bonchev–Trinajstić information content (AvgIpc) is 2.52. The number of hydrogen-bond acceptors (Lipinski definition) is 5. The van der Waals surface area contributed by atoms with E-state index in [4.69, 9.17) is 20.4 Å². The summed E-state index contributed by atoms with van der Waals surface area (Å²) in [6.07, 6.45) is 2.64. The van der Waals surface area contributed by atoms with Crippen LogP contribution in [0.2, 0.25) is 0 Å². The Morgan fingerprint density at radius 1 is 1.33 bits per heavy atom. The van der Waals surface area contributed by atoms with Crippen molar-refractivity contribution in [3.63, 3.8) is 0 Å². The molecule has 0 aliphatic heterocycles. The van der Waals surface area contributed by atoms with Crippen LogP contribution in [0.25, 0.3) is 0 Å². The summed E-state index contributed by atoms with van der Waals surface area (Å²) in [6, 6.07) is 6.16. The Kier molecular flexibility index (Phi) is 4.55. The second-order valence-corrected chi connectivity index (χ2v) is 4.15. The van der Waals surface area contributed by atoms with E-state index in [-0.39, 0.29) is 12.4 Å². The zero-order valence-corrected chi connectivity index (χ0v) is 11.3. The van der Waals surface area contributed by atoms with Gasteiger partial charge in [-0.25, -0.2) is 4.39 Å². The predicted octanol–water partition coefficient (Wildman–Crippen LogP) is 1.90. The molecule has 0 atom stereocenters. The maximum Gasteiger partial charge on any atom is 0.170 e. The van der Waals surface area contributed by atoms with Crippen LogP contribution in [0.15, 0.2) is 41.8 Å². The van der Waals surface area contributed by atoms with Gasteiger partial charge in [-0.05, 0) is 24.3 Å². The van der Waals surface area contributed by atoms with Crippen LogP contribution in [0.3, 0.4) is 0 Å². The standard InChI is InChI=1S/C14H14FN3O3/c1-20-13-5-10(14(16)18-19)2-3-12(13)21-8-9-4-11(15)7-17-6-9/h2-7,19H,8H2,1H3,(H2,16,18). The molecule has 2 rings (SSSR count). The first-order valence-corrected chi connectivity index (χ1v) is 6.02. The molecule has 0 aliphatic carbocycles. The van der Waals surface area contributed by atoms with E-state index < -0.39 is 5.82 Å². The van der Waals surface area contributed by atoms with Gasteiger partial charge in [-0.3, -0.25) is 4.98 Å². The van der Waals surface area contributed by atoms with Gasteiger partial charge in [-0.2, -0.15) is 0 Å². The molecule has 1 aromatic carbocycles. The number of halogens is 1. The Bertz CT molecular complexity index is 662. The monoisotopic (exact) mass is 291 g/mol. The number of pyridine rings is 1. The number of hydrogen-bond donors (Lipinski definition) is 2. The third-order valence-electron chi connectivity index (χ3n) is 2.72. The minimum atomic E-state index is -0.426. The number of oxime groups is 1. The fraction of sp³-hybridized carbons (Fsp3) is 0.143. The van der Waals surface area contributed by atoms with Gasteiger partial charge in [-0.15, -0.1) is 0 Å². The summed E-state index contributed by atoms with van der Waals surface area (Å²) in [5, 5.41) is 11.6. The molecule has 0 aliphatic rings. The summed E-state index contributed by atoms with van der Waals surface area (Å²) in [6.45, 7) is 0.143. The maximum absolute atomic E-state index is 13.0. The molecule has 0 bridgehead atoms. The quantitative estimate of drug-likeness (QED) is 0.380. The van der Waals surface area contributed by atoms with Gasteiger partial charge in [0.05, 0.1) is 13.3 Å². The van der Waals surface area contributed by atoms with E-state index >= 15 is 0 Å². The van der Waals surface area contributed by atoms with Crippen molar-refractivity contribution in [1.29, 1.82) is 0 Å². The maximum atomic E-state index is 13.0. The van der Waals surface area contributed by atoms with Gasteiger partial charge in [0, 0.05) is 17.3 Å². The van der Waals surface area contributed by atoms with Gasteiger partial charge >= 0.3 is 0 Å². The Balaban J connectivity index is 2.16. The van der Waals surface area contributed by atoms with Crippen LogP contribution in [0, 0.1) is 5.82 Å². The molecule has 0 saturated carbocycles. The number of nitrogens with zero attached hydrogens (tertiary/aromatic N) is 2. The molecule has 0 amide bonds. The SMILES string of the molecule is COc1cc(/C(N)=N/O)ccc1OCc1cncc(F)c1. The van der Waals surface area contributed by atoms with Crippen molar-refractivity contribution in [2.45, 2.75) is 6.61 Å². The molecule has 0 radical (unpaired) electrons. The molecule has 7 heteroatoms. The second kappa shape index (κ2) is 6.56. The Hall–Kier alpha value is -2.83. The van der Waals surface area contributed by atoms with E-state index in [1.165, 1.54) is 19.4 Å². The summed E-state index contributed by atoms with van der Waals surface area (Å²) in [4.78, 5) is 3.74. The molecule has 3 N–H and O–H groups in total. The van der Waals surface area contributed by atoms with Crippen LogP contribution < -0.4 is 15.2 Å². The molecule has 6 nitrogen and oxygen atoms in total. The number of nitrogens with two attached hydrogens (primary N) is 1. The predicted molar refractivity (Wildman–Crippen MR) is 74.0 cm³/mol. The van der Waals surface area contributed by atoms with Crippen LogP contribution in [-0.2, 0) is 6.61 Å². The normalized spacial score (nSPS) is 11.2. The van der Waals surface area contributed by atoms with Crippen LogP contribution in [-0.4, -0.2) is 23.1 Å². The molecule has 1 heterocycles. The molecule has 2 aromatic rings. The van der Waals surface area contributed by atoms with Crippen LogP contribution in [0.5, 0.6) is 11.5 Å². The number of amidine groups is 1. The van der Waals surface area contributed by atoms with Gasteiger partial charge in [-0.1, -0.05) is 5.16 Å². The van der Waals surface area contributed by atoms with Crippen molar-refractivity contribution in [3.8, 4) is 11.5 Å². The zero-order valence-electron chi connectivity index (χ0n) is 11.3. The van der Waals surface area contributed by atoms with Crippen molar-refractivity contribution < 1.29 is 19.1 Å². The van der Waals surface area contributed by atoms with Crippen molar-refractivity contribution in [2.75, 3.05) is 7.11 Å². The van der Waals surface area contributed by atoms with Crippen molar-refractivity contribution in [1.82, 2.24) is 4.98 Å². The third-order valence-corrected chi connectivity index (χ3v) is 2.72. The van der Waals surface area contributed by atoms with E-state index in [0.29, 0.717) is 22.6 Å². The fourth-order valence-electron chi connectivity index (χ4n) is 1.70. The fourth-order valence-corrected chi connectivity index (χ4v) is 1.70. The van der Waals surface area contributed by atoms with E-state index in [9.17, 15) is 4.39 Å². The molecule has 0 spiro atoms. The topological polar surface area (TPSA) is 90.0 Å². The summed E-state index contributed by atoms with van der Waals surface area (Å²) < 4.78 is 23.8. The molecule has 110 valence electrons. The number of ether oxygens (including phenoxy) is 2. The van der Waals surface area contributed by atoms with Crippen molar-refractivity contribution >= 4 is 5.84 Å². The Labute approximate surface area is 120 Å². The number of methoxy groups -OCH3 is 1. The van der Waals surface area contributed by atoms with Crippen LogP contribution >= 0.6 is 0 Å². The Morgan fingerprint density at radius 3 is 2.81 bits per heavy atom. The molecular weight excluding hydrogens is 277 g/mol. The molecular formula is C14H14FN3O3. The lowest BCUT2D eigenvalue weighted by Gasteiger charge is -2.11. The van der Waals surface area contributed by atoms with Crippen molar-refractivity contribution in [2.24, 2.45) is 10.9 Å². The smallest absolute Gasteiger partial charge is 0.170 e. The van der Waals surface area contributed by atoms with Gasteiger partial charge in [0.25, 0.3) is 0 Å². The molecule has 0 unspecified atom stereocenters. The number of aromatic nitrogens is 1. The van der Waals surface area contributed by atoms with Crippen LogP contribution in [0.4, 0.5) is 4.39 Å². The molecule has 0 saturated heterocycles. The summed E-state index contributed by atoms with van der Waals surface area (Å²) >= 11 is 0. The highest BCUT2D eigenvalue weighted by atomic mass is 19.1. The van der Waals surface area contributed by atoms with Gasteiger partial charge in [0.2, 0.25) is 0 Å². The number of benzene rings is 1. The van der Waals surface area contributed by atoms with E-state index in [2.05, 4.69) is 10.1 Å². The van der Waals surface area contributed by atoms with Crippen molar-refractivity contribution in [3.05, 3.63) is 53.6 Å². The minimum Gasteiger partial charge on any atom is -0.493 e. The molecule has 1 aromatic heterocycles. The average molecular weight is 291 g/mol. The lowest BCUT2D eigenvalue weighted by atomic mass is 10.2. The first-order valence-electron chi connectivity index (χ1n) is 6.02. The first kappa shape index (κ1) is 14.6. The van der Waals surface area contributed by atoms with E-state index in [0.717, 1.165) is 6.20 Å².